The van der Waals surface area contributed by atoms with E-state index in [0.29, 0.717) is 0 Å². The van der Waals surface area contributed by atoms with E-state index >= 15 is 0 Å². The lowest BCUT2D eigenvalue weighted by molar-refractivity contribution is 0.196. The number of nitrogens with zero attached hydrogens (tertiary/aromatic N) is 1. The highest BCUT2D eigenvalue weighted by Gasteiger charge is 2.07. The predicted molar refractivity (Wildman–Crippen MR) is 65.4 cm³/mol. The van der Waals surface area contributed by atoms with Crippen molar-refractivity contribution in [1.29, 1.82) is 0 Å². The molecule has 82 valence electrons. The van der Waals surface area contributed by atoms with E-state index in [2.05, 4.69) is 4.98 Å². The van der Waals surface area contributed by atoms with Crippen LogP contribution in [0.4, 0.5) is 0 Å². The Morgan fingerprint density at radius 3 is 2.50 bits per heavy atom. The van der Waals surface area contributed by atoms with Gasteiger partial charge in [0, 0.05) is 22.2 Å². The number of aliphatic hydroxyl groups is 1. The van der Waals surface area contributed by atoms with Crippen molar-refractivity contribution >= 4 is 11.8 Å². The van der Waals surface area contributed by atoms with Crippen molar-refractivity contribution in [2.45, 2.75) is 22.8 Å². The van der Waals surface area contributed by atoms with Gasteiger partial charge < -0.3 is 5.11 Å². The summed E-state index contributed by atoms with van der Waals surface area (Å²) in [5, 5.41) is 9.66. The Kier molecular flexibility index (Phi) is 3.59. The molecular formula is C13H13NOS. The lowest BCUT2D eigenvalue weighted by Gasteiger charge is -2.10. The summed E-state index contributed by atoms with van der Waals surface area (Å²) in [5.41, 5.74) is 0.962. The number of aliphatic hydroxyl groups excluding tert-OH is 1. The first-order valence-corrected chi connectivity index (χ1v) is 5.94. The van der Waals surface area contributed by atoms with Crippen molar-refractivity contribution in [1.82, 2.24) is 4.98 Å². The third kappa shape index (κ3) is 2.62. The first-order chi connectivity index (χ1) is 7.77. The van der Waals surface area contributed by atoms with Crippen molar-refractivity contribution in [2.24, 2.45) is 0 Å². The molecule has 0 fully saturated rings. The van der Waals surface area contributed by atoms with Crippen molar-refractivity contribution < 1.29 is 5.11 Å². The topological polar surface area (TPSA) is 33.1 Å². The standard InChI is InChI=1S/C13H13NOS/c1-10(15)12-4-2-3-5-13(12)16-11-6-8-14-9-7-11/h2-10,15H,1H3/t10-/m1/s1. The van der Waals surface area contributed by atoms with Crippen LogP contribution in [0.3, 0.4) is 0 Å². The third-order valence-corrected chi connectivity index (χ3v) is 3.35. The van der Waals surface area contributed by atoms with Gasteiger partial charge in [0.2, 0.25) is 0 Å². The molecule has 0 aliphatic heterocycles. The van der Waals surface area contributed by atoms with Crippen LogP contribution in [0, 0.1) is 0 Å². The van der Waals surface area contributed by atoms with E-state index in [0.717, 1.165) is 15.4 Å². The van der Waals surface area contributed by atoms with Gasteiger partial charge >= 0.3 is 0 Å². The summed E-state index contributed by atoms with van der Waals surface area (Å²) in [7, 11) is 0. The zero-order chi connectivity index (χ0) is 11.4. The zero-order valence-corrected chi connectivity index (χ0v) is 9.82. The smallest absolute Gasteiger partial charge is 0.0772 e. The van der Waals surface area contributed by atoms with Gasteiger partial charge in [-0.15, -0.1) is 0 Å². The van der Waals surface area contributed by atoms with Gasteiger partial charge in [0.1, 0.15) is 0 Å². The number of rotatable bonds is 3. The van der Waals surface area contributed by atoms with Gasteiger partial charge in [-0.1, -0.05) is 30.0 Å². The molecular weight excluding hydrogens is 218 g/mol. The summed E-state index contributed by atoms with van der Waals surface area (Å²) in [4.78, 5) is 6.20. The highest BCUT2D eigenvalue weighted by atomic mass is 32.2. The summed E-state index contributed by atoms with van der Waals surface area (Å²) >= 11 is 1.64. The molecule has 1 aromatic carbocycles. The van der Waals surface area contributed by atoms with Crippen LogP contribution in [-0.4, -0.2) is 10.1 Å². The van der Waals surface area contributed by atoms with E-state index in [9.17, 15) is 5.11 Å². The van der Waals surface area contributed by atoms with Crippen LogP contribution >= 0.6 is 11.8 Å². The first kappa shape index (κ1) is 11.2. The highest BCUT2D eigenvalue weighted by molar-refractivity contribution is 7.99. The fraction of sp³-hybridized carbons (Fsp3) is 0.154. The number of hydrogen-bond donors (Lipinski definition) is 1. The molecule has 2 rings (SSSR count). The molecule has 0 aliphatic carbocycles. The summed E-state index contributed by atoms with van der Waals surface area (Å²) in [5.74, 6) is 0. The minimum absolute atomic E-state index is 0.439. The highest BCUT2D eigenvalue weighted by Crippen LogP contribution is 2.32. The second kappa shape index (κ2) is 5.14. The average molecular weight is 231 g/mol. The molecule has 0 saturated carbocycles. The number of benzene rings is 1. The Morgan fingerprint density at radius 2 is 1.81 bits per heavy atom. The van der Waals surface area contributed by atoms with Crippen molar-refractivity contribution in [3.63, 3.8) is 0 Å². The molecule has 1 atom stereocenters. The van der Waals surface area contributed by atoms with Crippen LogP contribution in [-0.2, 0) is 0 Å². The van der Waals surface area contributed by atoms with E-state index < -0.39 is 6.10 Å². The van der Waals surface area contributed by atoms with Gasteiger partial charge in [-0.3, -0.25) is 4.98 Å². The zero-order valence-electron chi connectivity index (χ0n) is 9.00. The summed E-state index contributed by atoms with van der Waals surface area (Å²) in [6, 6.07) is 11.8. The first-order valence-electron chi connectivity index (χ1n) is 5.12. The van der Waals surface area contributed by atoms with Crippen molar-refractivity contribution in [2.75, 3.05) is 0 Å². The van der Waals surface area contributed by atoms with E-state index in [1.807, 2.05) is 36.4 Å². The van der Waals surface area contributed by atoms with Gasteiger partial charge in [-0.25, -0.2) is 0 Å². The predicted octanol–water partition coefficient (Wildman–Crippen LogP) is 3.29. The molecule has 0 radical (unpaired) electrons. The van der Waals surface area contributed by atoms with Crippen LogP contribution in [0.2, 0.25) is 0 Å². The fourth-order valence-corrected chi connectivity index (χ4v) is 2.47. The maximum atomic E-state index is 9.66. The summed E-state index contributed by atoms with van der Waals surface area (Å²) in [6.45, 7) is 1.78. The van der Waals surface area contributed by atoms with Crippen LogP contribution in [0.15, 0.2) is 58.6 Å². The van der Waals surface area contributed by atoms with Crippen molar-refractivity contribution in [3.8, 4) is 0 Å². The summed E-state index contributed by atoms with van der Waals surface area (Å²) < 4.78 is 0. The van der Waals surface area contributed by atoms with Gasteiger partial charge in [0.05, 0.1) is 6.10 Å². The van der Waals surface area contributed by atoms with Gasteiger partial charge in [-0.05, 0) is 30.7 Å². The molecule has 0 unspecified atom stereocenters. The Balaban J connectivity index is 2.28. The van der Waals surface area contributed by atoms with Crippen LogP contribution in [0.5, 0.6) is 0 Å². The fourth-order valence-electron chi connectivity index (χ4n) is 1.45. The van der Waals surface area contributed by atoms with E-state index in [-0.39, 0.29) is 0 Å². The largest absolute Gasteiger partial charge is 0.389 e. The lowest BCUT2D eigenvalue weighted by Crippen LogP contribution is -1.93. The summed E-state index contributed by atoms with van der Waals surface area (Å²) in [6.07, 6.45) is 3.10. The Labute approximate surface area is 99.4 Å². The minimum Gasteiger partial charge on any atom is -0.389 e. The molecule has 0 amide bonds. The monoisotopic (exact) mass is 231 g/mol. The lowest BCUT2D eigenvalue weighted by atomic mass is 10.1. The number of pyridine rings is 1. The van der Waals surface area contributed by atoms with Crippen LogP contribution in [0.1, 0.15) is 18.6 Å². The Morgan fingerprint density at radius 1 is 1.12 bits per heavy atom. The molecule has 3 heteroatoms. The normalized spacial score (nSPS) is 12.4. The van der Waals surface area contributed by atoms with Gasteiger partial charge in [-0.2, -0.15) is 0 Å². The maximum Gasteiger partial charge on any atom is 0.0772 e. The molecule has 0 spiro atoms. The molecule has 1 aromatic heterocycles. The Bertz CT molecular complexity index is 456. The second-order valence-electron chi connectivity index (χ2n) is 3.50. The van der Waals surface area contributed by atoms with Crippen LogP contribution in [0.25, 0.3) is 0 Å². The van der Waals surface area contributed by atoms with Gasteiger partial charge in [0.15, 0.2) is 0 Å². The minimum atomic E-state index is -0.439. The molecule has 0 aliphatic rings. The molecule has 0 bridgehead atoms. The van der Waals surface area contributed by atoms with E-state index in [1.54, 1.807) is 31.1 Å². The SMILES string of the molecule is C[C@@H](O)c1ccccc1Sc1ccncc1. The molecule has 1 heterocycles. The van der Waals surface area contributed by atoms with Gasteiger partial charge in [0.25, 0.3) is 0 Å². The molecule has 0 saturated heterocycles. The molecule has 2 aromatic rings. The van der Waals surface area contributed by atoms with Crippen LogP contribution < -0.4 is 0 Å². The third-order valence-electron chi connectivity index (χ3n) is 2.25. The second-order valence-corrected chi connectivity index (χ2v) is 4.61. The molecule has 1 N–H and O–H groups in total. The maximum absolute atomic E-state index is 9.66. The quantitative estimate of drug-likeness (QED) is 0.880. The number of hydrogen-bond acceptors (Lipinski definition) is 3. The van der Waals surface area contributed by atoms with E-state index in [4.69, 9.17) is 0 Å². The van der Waals surface area contributed by atoms with Crippen molar-refractivity contribution in [3.05, 3.63) is 54.4 Å². The average Bonchev–Trinajstić information content (AvgIpc) is 2.31. The number of aromatic nitrogens is 1. The molecule has 2 nitrogen and oxygen atoms in total. The Hall–Kier alpha value is -1.32. The molecule has 16 heavy (non-hydrogen) atoms. The van der Waals surface area contributed by atoms with E-state index in [1.165, 1.54) is 0 Å².